The molecule has 0 amide bonds. The van der Waals surface area contributed by atoms with Gasteiger partial charge < -0.3 is 10.0 Å². The maximum Gasteiger partial charge on any atom is 0.0822 e. The van der Waals surface area contributed by atoms with E-state index in [4.69, 9.17) is 0 Å². The Morgan fingerprint density at radius 2 is 1.96 bits per heavy atom. The molecule has 146 valence electrons. The Labute approximate surface area is 166 Å². The van der Waals surface area contributed by atoms with Crippen molar-refractivity contribution >= 4 is 10.9 Å². The van der Waals surface area contributed by atoms with Gasteiger partial charge in [-0.05, 0) is 43.3 Å². The molecule has 1 N–H and O–H groups in total. The fourth-order valence-corrected chi connectivity index (χ4v) is 4.19. The van der Waals surface area contributed by atoms with Crippen LogP contribution in [0.2, 0.25) is 0 Å². The molecular weight excluding hydrogens is 348 g/mol. The first-order valence-corrected chi connectivity index (χ1v) is 10.0. The van der Waals surface area contributed by atoms with Crippen LogP contribution in [0.4, 0.5) is 0 Å². The zero-order valence-corrected chi connectivity index (χ0v) is 16.4. The van der Waals surface area contributed by atoms with E-state index >= 15 is 0 Å². The van der Waals surface area contributed by atoms with Gasteiger partial charge in [0.25, 0.3) is 0 Å². The molecule has 0 saturated carbocycles. The van der Waals surface area contributed by atoms with Crippen molar-refractivity contribution in [1.29, 1.82) is 0 Å². The molecule has 0 bridgehead atoms. The number of aromatic nitrogens is 2. The van der Waals surface area contributed by atoms with Crippen molar-refractivity contribution in [2.45, 2.75) is 31.5 Å². The predicted octanol–water partition coefficient (Wildman–Crippen LogP) is 2.74. The van der Waals surface area contributed by atoms with Crippen LogP contribution in [0, 0.1) is 0 Å². The lowest BCUT2D eigenvalue weighted by Gasteiger charge is -2.40. The van der Waals surface area contributed by atoms with Crippen LogP contribution in [0.3, 0.4) is 0 Å². The number of pyridine rings is 2. The van der Waals surface area contributed by atoms with Crippen LogP contribution in [0.15, 0.2) is 60.9 Å². The van der Waals surface area contributed by atoms with Crippen LogP contribution >= 0.6 is 0 Å². The quantitative estimate of drug-likeness (QED) is 0.717. The first-order chi connectivity index (χ1) is 13.7. The number of likely N-dealkylation sites (N-methyl/N-ethyl adjacent to an activating group) is 1. The van der Waals surface area contributed by atoms with Crippen molar-refractivity contribution in [3.8, 4) is 0 Å². The molecule has 2 atom stereocenters. The number of aliphatic hydroxyl groups is 1. The molecule has 28 heavy (non-hydrogen) atoms. The minimum Gasteiger partial charge on any atom is -0.390 e. The van der Waals surface area contributed by atoms with Crippen molar-refractivity contribution in [1.82, 2.24) is 19.8 Å². The molecule has 1 saturated heterocycles. The zero-order valence-electron chi connectivity index (χ0n) is 16.4. The molecule has 0 spiro atoms. The standard InChI is InChI=1S/C23H28N4O/c1-26(14-10-19-7-2-3-12-24-19)22-11-15-27(17-23(22)28)16-18-6-4-9-21-20(18)8-5-13-25-21/h2-9,12-13,22-23,28H,10-11,14-17H2,1H3/t22-,23-/m1/s1. The summed E-state index contributed by atoms with van der Waals surface area (Å²) in [4.78, 5) is 13.5. The van der Waals surface area contributed by atoms with Gasteiger partial charge in [0, 0.05) is 62.1 Å². The van der Waals surface area contributed by atoms with Crippen molar-refractivity contribution < 1.29 is 5.11 Å². The molecule has 3 heterocycles. The van der Waals surface area contributed by atoms with Gasteiger partial charge in [0.2, 0.25) is 0 Å². The Morgan fingerprint density at radius 1 is 1.07 bits per heavy atom. The van der Waals surface area contributed by atoms with Crippen molar-refractivity contribution in [2.24, 2.45) is 0 Å². The Balaban J connectivity index is 1.34. The number of nitrogens with zero attached hydrogens (tertiary/aromatic N) is 4. The average molecular weight is 377 g/mol. The monoisotopic (exact) mass is 376 g/mol. The summed E-state index contributed by atoms with van der Waals surface area (Å²) in [6.45, 7) is 3.46. The lowest BCUT2D eigenvalue weighted by Crippen LogP contribution is -2.53. The van der Waals surface area contributed by atoms with Gasteiger partial charge >= 0.3 is 0 Å². The maximum atomic E-state index is 10.8. The molecule has 1 aliphatic heterocycles. The van der Waals surface area contributed by atoms with Crippen LogP contribution in [-0.4, -0.2) is 63.7 Å². The number of β-amino-alcohol motifs (C(OH)–C–C–N with tert-alkyl or cyclic N) is 1. The van der Waals surface area contributed by atoms with E-state index in [0.717, 1.165) is 43.7 Å². The second-order valence-corrected chi connectivity index (χ2v) is 7.70. The maximum absolute atomic E-state index is 10.8. The minimum absolute atomic E-state index is 0.203. The van der Waals surface area contributed by atoms with E-state index in [1.165, 1.54) is 10.9 Å². The van der Waals surface area contributed by atoms with Crippen LogP contribution in [0.25, 0.3) is 10.9 Å². The molecule has 2 aromatic heterocycles. The third-order valence-corrected chi connectivity index (χ3v) is 5.77. The highest BCUT2D eigenvalue weighted by Gasteiger charge is 2.30. The first-order valence-electron chi connectivity index (χ1n) is 10.0. The number of benzene rings is 1. The molecule has 5 nitrogen and oxygen atoms in total. The highest BCUT2D eigenvalue weighted by molar-refractivity contribution is 5.81. The lowest BCUT2D eigenvalue weighted by atomic mass is 9.99. The first kappa shape index (κ1) is 19.0. The van der Waals surface area contributed by atoms with E-state index in [-0.39, 0.29) is 12.1 Å². The number of fused-ring (bicyclic) bond motifs is 1. The molecule has 5 heteroatoms. The summed E-state index contributed by atoms with van der Waals surface area (Å²) < 4.78 is 0. The smallest absolute Gasteiger partial charge is 0.0822 e. The number of piperidine rings is 1. The van der Waals surface area contributed by atoms with Crippen LogP contribution in [0.5, 0.6) is 0 Å². The number of hydrogen-bond donors (Lipinski definition) is 1. The Hall–Kier alpha value is -2.34. The average Bonchev–Trinajstić information content (AvgIpc) is 2.73. The van der Waals surface area contributed by atoms with E-state index in [1.807, 2.05) is 30.6 Å². The van der Waals surface area contributed by atoms with Crippen molar-refractivity contribution in [3.63, 3.8) is 0 Å². The van der Waals surface area contributed by atoms with Gasteiger partial charge in [-0.25, -0.2) is 0 Å². The normalized spacial score (nSPS) is 20.7. The summed E-state index contributed by atoms with van der Waals surface area (Å²) in [6.07, 6.45) is 5.22. The third-order valence-electron chi connectivity index (χ3n) is 5.77. The predicted molar refractivity (Wildman–Crippen MR) is 112 cm³/mol. The summed E-state index contributed by atoms with van der Waals surface area (Å²) >= 11 is 0. The van der Waals surface area contributed by atoms with E-state index in [2.05, 4.69) is 57.1 Å². The molecule has 0 unspecified atom stereocenters. The number of hydrogen-bond acceptors (Lipinski definition) is 5. The van der Waals surface area contributed by atoms with Gasteiger partial charge in [-0.15, -0.1) is 0 Å². The van der Waals surface area contributed by atoms with E-state index in [9.17, 15) is 5.11 Å². The highest BCUT2D eigenvalue weighted by Crippen LogP contribution is 2.22. The summed E-state index contributed by atoms with van der Waals surface area (Å²) in [7, 11) is 2.11. The zero-order chi connectivity index (χ0) is 19.3. The van der Waals surface area contributed by atoms with Crippen molar-refractivity contribution in [3.05, 3.63) is 72.2 Å². The molecule has 3 aromatic rings. The third kappa shape index (κ3) is 4.38. The van der Waals surface area contributed by atoms with Crippen LogP contribution in [-0.2, 0) is 13.0 Å². The number of aliphatic hydroxyl groups excluding tert-OH is 1. The van der Waals surface area contributed by atoms with Gasteiger partial charge in [-0.2, -0.15) is 0 Å². The summed E-state index contributed by atoms with van der Waals surface area (Å²) in [5.74, 6) is 0. The molecule has 4 rings (SSSR count). The van der Waals surface area contributed by atoms with E-state index in [1.54, 1.807) is 0 Å². The summed E-state index contributed by atoms with van der Waals surface area (Å²) in [5.41, 5.74) is 3.41. The lowest BCUT2D eigenvalue weighted by molar-refractivity contribution is -0.00608. The van der Waals surface area contributed by atoms with Gasteiger partial charge in [0.05, 0.1) is 11.6 Å². The van der Waals surface area contributed by atoms with Gasteiger partial charge in [-0.1, -0.05) is 24.3 Å². The van der Waals surface area contributed by atoms with Gasteiger partial charge in [0.15, 0.2) is 0 Å². The fourth-order valence-electron chi connectivity index (χ4n) is 4.19. The van der Waals surface area contributed by atoms with E-state index in [0.29, 0.717) is 6.54 Å². The highest BCUT2D eigenvalue weighted by atomic mass is 16.3. The largest absolute Gasteiger partial charge is 0.390 e. The fraction of sp³-hybridized carbons (Fsp3) is 0.391. The molecule has 0 radical (unpaired) electrons. The Bertz CT molecular complexity index is 896. The molecule has 1 aromatic carbocycles. The van der Waals surface area contributed by atoms with Gasteiger partial charge in [0.1, 0.15) is 0 Å². The molecule has 1 fully saturated rings. The molecular formula is C23H28N4O. The SMILES string of the molecule is CN(CCc1ccccn1)[C@@H]1CCN(Cc2cccc3ncccc23)C[C@H]1O. The second-order valence-electron chi connectivity index (χ2n) is 7.70. The summed E-state index contributed by atoms with van der Waals surface area (Å²) in [6, 6.07) is 16.6. The Kier molecular flexibility index (Phi) is 5.95. The van der Waals surface area contributed by atoms with Crippen LogP contribution < -0.4 is 0 Å². The van der Waals surface area contributed by atoms with Gasteiger partial charge in [-0.3, -0.25) is 14.9 Å². The van der Waals surface area contributed by atoms with E-state index < -0.39 is 0 Å². The number of likely N-dealkylation sites (tertiary alicyclic amines) is 1. The molecule has 1 aliphatic rings. The van der Waals surface area contributed by atoms with Crippen LogP contribution in [0.1, 0.15) is 17.7 Å². The van der Waals surface area contributed by atoms with Crippen molar-refractivity contribution in [2.75, 3.05) is 26.7 Å². The second kappa shape index (κ2) is 8.78. The summed E-state index contributed by atoms with van der Waals surface area (Å²) in [5, 5.41) is 12.0. The Morgan fingerprint density at radius 3 is 2.79 bits per heavy atom. The molecule has 0 aliphatic carbocycles. The topological polar surface area (TPSA) is 52.5 Å². The number of rotatable bonds is 6. The minimum atomic E-state index is -0.337.